The first-order chi connectivity index (χ1) is 6.86. The lowest BCUT2D eigenvalue weighted by Gasteiger charge is -2.22. The second kappa shape index (κ2) is 4.61. The number of nitrogens with zero attached hydrogens (tertiary/aromatic N) is 1. The topological polar surface area (TPSA) is 14.1 Å². The van der Waals surface area contributed by atoms with E-state index in [1.165, 1.54) is 30.4 Å². The number of rotatable bonds is 2. The van der Waals surface area contributed by atoms with Crippen molar-refractivity contribution in [3.8, 4) is 0 Å². The molecule has 2 rings (SSSR count). The van der Waals surface area contributed by atoms with Crippen LogP contribution in [0.25, 0.3) is 0 Å². The van der Waals surface area contributed by atoms with Gasteiger partial charge in [-0.1, -0.05) is 24.3 Å². The lowest BCUT2D eigenvalue weighted by Crippen LogP contribution is -2.23. The van der Waals surface area contributed by atoms with E-state index in [0.717, 1.165) is 19.0 Å². The molecule has 0 aliphatic carbocycles. The van der Waals surface area contributed by atoms with E-state index in [4.69, 9.17) is 0 Å². The first-order valence-corrected chi connectivity index (χ1v) is 5.54. The molecular formula is C13H18N. The zero-order valence-electron chi connectivity index (χ0n) is 8.87. The number of aryl methyl sites for hydroxylation is 1. The molecule has 0 spiro atoms. The lowest BCUT2D eigenvalue weighted by molar-refractivity contribution is 0.367. The molecule has 0 bridgehead atoms. The summed E-state index contributed by atoms with van der Waals surface area (Å²) >= 11 is 0. The minimum Gasteiger partial charge on any atom is -0.242 e. The van der Waals surface area contributed by atoms with Gasteiger partial charge in [0.25, 0.3) is 0 Å². The van der Waals surface area contributed by atoms with Gasteiger partial charge >= 0.3 is 0 Å². The van der Waals surface area contributed by atoms with Crippen LogP contribution in [0.3, 0.4) is 0 Å². The van der Waals surface area contributed by atoms with E-state index >= 15 is 0 Å². The molecule has 0 atom stereocenters. The third-order valence-corrected chi connectivity index (χ3v) is 3.16. The van der Waals surface area contributed by atoms with Gasteiger partial charge in [0.05, 0.1) is 0 Å². The average Bonchev–Trinajstić information content (AvgIpc) is 2.23. The first-order valence-electron chi connectivity index (χ1n) is 5.54. The van der Waals surface area contributed by atoms with Gasteiger partial charge in [-0.15, -0.1) is 0 Å². The van der Waals surface area contributed by atoms with Crippen molar-refractivity contribution < 1.29 is 0 Å². The number of hydrogen-bond acceptors (Lipinski definition) is 0. The maximum atomic E-state index is 4.39. The number of hydrogen-bond donors (Lipinski definition) is 0. The Labute approximate surface area is 86.5 Å². The van der Waals surface area contributed by atoms with Crippen molar-refractivity contribution in [2.75, 3.05) is 13.1 Å². The molecule has 0 saturated carbocycles. The molecular weight excluding hydrogens is 170 g/mol. The van der Waals surface area contributed by atoms with E-state index in [-0.39, 0.29) is 0 Å². The largest absolute Gasteiger partial charge is 0.242 e. The molecule has 75 valence electrons. The Balaban J connectivity index is 1.99. The molecule has 0 amide bonds. The quantitative estimate of drug-likeness (QED) is 0.677. The van der Waals surface area contributed by atoms with Crippen LogP contribution < -0.4 is 5.32 Å². The van der Waals surface area contributed by atoms with E-state index in [2.05, 4.69) is 36.5 Å². The highest BCUT2D eigenvalue weighted by Gasteiger charge is 2.14. The lowest BCUT2D eigenvalue weighted by atomic mass is 9.89. The molecule has 0 aromatic heterocycles. The first kappa shape index (κ1) is 9.72. The summed E-state index contributed by atoms with van der Waals surface area (Å²) in [5, 5.41) is 4.39. The highest BCUT2D eigenvalue weighted by Crippen LogP contribution is 2.20. The highest BCUT2D eigenvalue weighted by atomic mass is 14.9. The predicted molar refractivity (Wildman–Crippen MR) is 59.5 cm³/mol. The van der Waals surface area contributed by atoms with Crippen LogP contribution in [-0.2, 0) is 6.42 Å². The van der Waals surface area contributed by atoms with Gasteiger partial charge in [0.2, 0.25) is 0 Å². The Morgan fingerprint density at radius 2 is 1.93 bits per heavy atom. The summed E-state index contributed by atoms with van der Waals surface area (Å²) < 4.78 is 0. The number of piperidine rings is 1. The molecule has 14 heavy (non-hydrogen) atoms. The smallest absolute Gasteiger partial charge is 0.0136 e. The van der Waals surface area contributed by atoms with Gasteiger partial charge in [-0.25, -0.2) is 5.32 Å². The number of benzene rings is 1. The average molecular weight is 188 g/mol. The van der Waals surface area contributed by atoms with E-state index < -0.39 is 0 Å². The summed E-state index contributed by atoms with van der Waals surface area (Å²) in [5.41, 5.74) is 2.97. The molecule has 1 aliphatic heterocycles. The summed E-state index contributed by atoms with van der Waals surface area (Å²) in [6, 6.07) is 8.74. The minimum absolute atomic E-state index is 0.869. The molecule has 0 N–H and O–H groups in total. The van der Waals surface area contributed by atoms with Crippen LogP contribution >= 0.6 is 0 Å². The van der Waals surface area contributed by atoms with Gasteiger partial charge in [0.15, 0.2) is 0 Å². The summed E-state index contributed by atoms with van der Waals surface area (Å²) in [5.74, 6) is 0.869. The Bertz CT molecular complexity index is 287. The van der Waals surface area contributed by atoms with Gasteiger partial charge < -0.3 is 0 Å². The monoisotopic (exact) mass is 188 g/mol. The van der Waals surface area contributed by atoms with Gasteiger partial charge in [-0.3, -0.25) is 0 Å². The van der Waals surface area contributed by atoms with Crippen molar-refractivity contribution in [1.29, 1.82) is 0 Å². The maximum Gasteiger partial charge on any atom is 0.0136 e. The summed E-state index contributed by atoms with van der Waals surface area (Å²) in [7, 11) is 0. The molecule has 1 aliphatic rings. The van der Waals surface area contributed by atoms with Crippen LogP contribution in [0, 0.1) is 12.8 Å². The third-order valence-electron chi connectivity index (χ3n) is 3.16. The molecule has 1 aromatic carbocycles. The molecule has 1 heteroatoms. The van der Waals surface area contributed by atoms with Crippen molar-refractivity contribution in [3.05, 3.63) is 35.4 Å². The standard InChI is InChI=1S/C13H18N/c1-11-4-2-3-5-13(11)10-12-6-8-14-9-7-12/h2-5,12H,6-10H2,1H3. The normalized spacial score (nSPS) is 18.4. The SMILES string of the molecule is Cc1ccccc1CC1CC[N]CC1. The summed E-state index contributed by atoms with van der Waals surface area (Å²) in [6.07, 6.45) is 3.82. The van der Waals surface area contributed by atoms with Crippen LogP contribution in [0.4, 0.5) is 0 Å². The molecule has 1 heterocycles. The van der Waals surface area contributed by atoms with Crippen LogP contribution in [0.5, 0.6) is 0 Å². The fourth-order valence-corrected chi connectivity index (χ4v) is 2.16. The molecule has 1 fully saturated rings. The van der Waals surface area contributed by atoms with Crippen LogP contribution in [0.1, 0.15) is 24.0 Å². The van der Waals surface area contributed by atoms with Gasteiger partial charge in [-0.2, -0.15) is 0 Å². The van der Waals surface area contributed by atoms with Crippen LogP contribution in [0.2, 0.25) is 0 Å². The Hall–Kier alpha value is -0.820. The van der Waals surface area contributed by atoms with Gasteiger partial charge in [-0.05, 0) is 43.2 Å². The molecule has 1 nitrogen and oxygen atoms in total. The zero-order valence-corrected chi connectivity index (χ0v) is 8.87. The fourth-order valence-electron chi connectivity index (χ4n) is 2.16. The molecule has 1 aromatic rings. The van der Waals surface area contributed by atoms with Crippen molar-refractivity contribution in [1.82, 2.24) is 5.32 Å². The van der Waals surface area contributed by atoms with Crippen LogP contribution in [0.15, 0.2) is 24.3 Å². The molecule has 1 radical (unpaired) electrons. The summed E-state index contributed by atoms with van der Waals surface area (Å²) in [6.45, 7) is 4.37. The van der Waals surface area contributed by atoms with Crippen molar-refractivity contribution in [2.45, 2.75) is 26.2 Å². The third kappa shape index (κ3) is 2.36. The highest BCUT2D eigenvalue weighted by molar-refractivity contribution is 5.25. The van der Waals surface area contributed by atoms with Crippen molar-refractivity contribution in [2.24, 2.45) is 5.92 Å². The predicted octanol–water partition coefficient (Wildman–Crippen LogP) is 2.55. The van der Waals surface area contributed by atoms with Crippen molar-refractivity contribution in [3.63, 3.8) is 0 Å². The second-order valence-corrected chi connectivity index (χ2v) is 4.24. The fraction of sp³-hybridized carbons (Fsp3) is 0.538. The molecule has 1 saturated heterocycles. The minimum atomic E-state index is 0.869. The van der Waals surface area contributed by atoms with E-state index in [0.29, 0.717) is 0 Å². The van der Waals surface area contributed by atoms with Crippen molar-refractivity contribution >= 4 is 0 Å². The second-order valence-electron chi connectivity index (χ2n) is 4.24. The van der Waals surface area contributed by atoms with Crippen LogP contribution in [-0.4, -0.2) is 13.1 Å². The Kier molecular flexibility index (Phi) is 3.20. The summed E-state index contributed by atoms with van der Waals surface area (Å²) in [4.78, 5) is 0. The zero-order chi connectivity index (χ0) is 9.80. The van der Waals surface area contributed by atoms with E-state index in [1.54, 1.807) is 0 Å². The maximum absolute atomic E-state index is 4.39. The van der Waals surface area contributed by atoms with Gasteiger partial charge in [0.1, 0.15) is 0 Å². The molecule has 0 unspecified atom stereocenters. The van der Waals surface area contributed by atoms with E-state index in [9.17, 15) is 0 Å². The Morgan fingerprint density at radius 3 is 2.64 bits per heavy atom. The van der Waals surface area contributed by atoms with E-state index in [1.807, 2.05) is 0 Å². The van der Waals surface area contributed by atoms with Gasteiger partial charge in [0, 0.05) is 13.1 Å². The Morgan fingerprint density at radius 1 is 1.21 bits per heavy atom.